The predicted octanol–water partition coefficient (Wildman–Crippen LogP) is 1.96. The summed E-state index contributed by atoms with van der Waals surface area (Å²) in [6.07, 6.45) is 7.41. The van der Waals surface area contributed by atoms with E-state index in [4.69, 9.17) is 9.47 Å². The van der Waals surface area contributed by atoms with Crippen LogP contribution < -0.4 is 5.32 Å². The molecule has 90 valence electrons. The minimum Gasteiger partial charge on any atom is -0.383 e. The average Bonchev–Trinajstić information content (AvgIpc) is 2.26. The van der Waals surface area contributed by atoms with Gasteiger partial charge in [0.05, 0.1) is 18.8 Å². The summed E-state index contributed by atoms with van der Waals surface area (Å²) in [4.78, 5) is 0. The van der Waals surface area contributed by atoms with Gasteiger partial charge in [-0.15, -0.1) is 0 Å². The summed E-state index contributed by atoms with van der Waals surface area (Å²) in [6, 6.07) is 0. The summed E-state index contributed by atoms with van der Waals surface area (Å²) < 4.78 is 10.9. The first-order chi connectivity index (χ1) is 7.33. The average molecular weight is 215 g/mol. The number of ether oxygens (including phenoxy) is 2. The Morgan fingerprint density at radius 3 is 2.67 bits per heavy atom. The maximum atomic E-state index is 5.97. The Kier molecular flexibility index (Phi) is 6.98. The van der Waals surface area contributed by atoms with Crippen molar-refractivity contribution < 1.29 is 9.47 Å². The SMILES string of the molecule is COCCNCC(C)OC1CCCCC1. The number of methoxy groups -OCH3 is 1. The zero-order chi connectivity index (χ0) is 10.9. The van der Waals surface area contributed by atoms with Crippen LogP contribution >= 0.6 is 0 Å². The second kappa shape index (κ2) is 8.08. The highest BCUT2D eigenvalue weighted by atomic mass is 16.5. The maximum Gasteiger partial charge on any atom is 0.0675 e. The molecule has 0 aliphatic heterocycles. The van der Waals surface area contributed by atoms with E-state index in [-0.39, 0.29) is 0 Å². The van der Waals surface area contributed by atoms with Crippen LogP contribution in [0.5, 0.6) is 0 Å². The third-order valence-corrected chi connectivity index (χ3v) is 2.89. The van der Waals surface area contributed by atoms with Crippen LogP contribution in [0.4, 0.5) is 0 Å². The monoisotopic (exact) mass is 215 g/mol. The Labute approximate surface area is 93.5 Å². The van der Waals surface area contributed by atoms with Gasteiger partial charge >= 0.3 is 0 Å². The Balaban J connectivity index is 1.98. The minimum atomic E-state index is 0.324. The van der Waals surface area contributed by atoms with Crippen molar-refractivity contribution in [1.29, 1.82) is 0 Å². The summed E-state index contributed by atoms with van der Waals surface area (Å²) in [6.45, 7) is 4.76. The van der Waals surface area contributed by atoms with E-state index < -0.39 is 0 Å². The van der Waals surface area contributed by atoms with Crippen LogP contribution in [0.15, 0.2) is 0 Å². The molecule has 0 bridgehead atoms. The van der Waals surface area contributed by atoms with Crippen LogP contribution in [0, 0.1) is 0 Å². The Bertz CT molecular complexity index is 147. The quantitative estimate of drug-likeness (QED) is 0.659. The fourth-order valence-corrected chi connectivity index (χ4v) is 2.06. The van der Waals surface area contributed by atoms with E-state index in [0.29, 0.717) is 12.2 Å². The number of rotatable bonds is 7. The first-order valence-electron chi connectivity index (χ1n) is 6.18. The third kappa shape index (κ3) is 6.13. The molecule has 0 heterocycles. The van der Waals surface area contributed by atoms with Crippen LogP contribution in [-0.4, -0.2) is 39.0 Å². The lowest BCUT2D eigenvalue weighted by atomic mass is 9.98. The molecule has 0 amide bonds. The van der Waals surface area contributed by atoms with Crippen molar-refractivity contribution in [3.63, 3.8) is 0 Å². The molecule has 1 fully saturated rings. The molecule has 0 spiro atoms. The fourth-order valence-electron chi connectivity index (χ4n) is 2.06. The van der Waals surface area contributed by atoms with Gasteiger partial charge in [0, 0.05) is 20.2 Å². The van der Waals surface area contributed by atoms with Crippen molar-refractivity contribution in [1.82, 2.24) is 5.32 Å². The van der Waals surface area contributed by atoms with E-state index in [0.717, 1.165) is 19.7 Å². The second-order valence-corrected chi connectivity index (χ2v) is 4.40. The molecule has 1 aliphatic carbocycles. The van der Waals surface area contributed by atoms with Crippen LogP contribution in [0.25, 0.3) is 0 Å². The van der Waals surface area contributed by atoms with E-state index in [9.17, 15) is 0 Å². The summed E-state index contributed by atoms with van der Waals surface area (Å²) >= 11 is 0. The van der Waals surface area contributed by atoms with E-state index >= 15 is 0 Å². The minimum absolute atomic E-state index is 0.324. The van der Waals surface area contributed by atoms with E-state index in [1.54, 1.807) is 7.11 Å². The first-order valence-corrected chi connectivity index (χ1v) is 6.18. The molecule has 1 N–H and O–H groups in total. The van der Waals surface area contributed by atoms with E-state index in [1.165, 1.54) is 32.1 Å². The second-order valence-electron chi connectivity index (χ2n) is 4.40. The highest BCUT2D eigenvalue weighted by Crippen LogP contribution is 2.21. The highest BCUT2D eigenvalue weighted by molar-refractivity contribution is 4.67. The molecule has 0 radical (unpaired) electrons. The van der Waals surface area contributed by atoms with Gasteiger partial charge in [0.15, 0.2) is 0 Å². The third-order valence-electron chi connectivity index (χ3n) is 2.89. The van der Waals surface area contributed by atoms with Gasteiger partial charge in [-0.3, -0.25) is 0 Å². The van der Waals surface area contributed by atoms with Crippen molar-refractivity contribution in [3.8, 4) is 0 Å². The van der Waals surface area contributed by atoms with Gasteiger partial charge < -0.3 is 14.8 Å². The first kappa shape index (κ1) is 12.9. The molecule has 3 heteroatoms. The molecule has 1 unspecified atom stereocenters. The molecule has 15 heavy (non-hydrogen) atoms. The zero-order valence-corrected chi connectivity index (χ0v) is 10.1. The highest BCUT2D eigenvalue weighted by Gasteiger charge is 2.16. The normalized spacial score (nSPS) is 20.4. The topological polar surface area (TPSA) is 30.5 Å². The summed E-state index contributed by atoms with van der Waals surface area (Å²) in [7, 11) is 1.73. The molecule has 1 aliphatic rings. The smallest absolute Gasteiger partial charge is 0.0675 e. The van der Waals surface area contributed by atoms with Gasteiger partial charge in [0.2, 0.25) is 0 Å². The van der Waals surface area contributed by atoms with Gasteiger partial charge in [-0.1, -0.05) is 19.3 Å². The molecule has 1 atom stereocenters. The molecule has 0 aromatic rings. The van der Waals surface area contributed by atoms with Crippen LogP contribution in [-0.2, 0) is 9.47 Å². The lowest BCUT2D eigenvalue weighted by Gasteiger charge is -2.25. The van der Waals surface area contributed by atoms with Crippen LogP contribution in [0.2, 0.25) is 0 Å². The van der Waals surface area contributed by atoms with Crippen molar-refractivity contribution in [2.24, 2.45) is 0 Å². The molecular formula is C12H25NO2. The van der Waals surface area contributed by atoms with E-state index in [1.807, 2.05) is 0 Å². The molecular weight excluding hydrogens is 190 g/mol. The van der Waals surface area contributed by atoms with Crippen LogP contribution in [0.3, 0.4) is 0 Å². The van der Waals surface area contributed by atoms with Crippen LogP contribution in [0.1, 0.15) is 39.0 Å². The van der Waals surface area contributed by atoms with Crippen molar-refractivity contribution in [3.05, 3.63) is 0 Å². The maximum absolute atomic E-state index is 5.97. The lowest BCUT2D eigenvalue weighted by Crippen LogP contribution is -2.32. The van der Waals surface area contributed by atoms with Gasteiger partial charge in [0.1, 0.15) is 0 Å². The molecule has 0 aromatic carbocycles. The molecule has 0 aromatic heterocycles. The van der Waals surface area contributed by atoms with Gasteiger partial charge in [-0.05, 0) is 19.8 Å². The van der Waals surface area contributed by atoms with Gasteiger partial charge in [0.25, 0.3) is 0 Å². The van der Waals surface area contributed by atoms with Crippen molar-refractivity contribution >= 4 is 0 Å². The fraction of sp³-hybridized carbons (Fsp3) is 1.00. The van der Waals surface area contributed by atoms with E-state index in [2.05, 4.69) is 12.2 Å². The molecule has 1 saturated carbocycles. The summed E-state index contributed by atoms with van der Waals surface area (Å²) in [5.41, 5.74) is 0. The standard InChI is InChI=1S/C12H25NO2/c1-11(10-13-8-9-14-2)15-12-6-4-3-5-7-12/h11-13H,3-10H2,1-2H3. The Morgan fingerprint density at radius 1 is 1.27 bits per heavy atom. The lowest BCUT2D eigenvalue weighted by molar-refractivity contribution is -0.0201. The predicted molar refractivity (Wildman–Crippen MR) is 62.2 cm³/mol. The van der Waals surface area contributed by atoms with Gasteiger partial charge in [-0.25, -0.2) is 0 Å². The van der Waals surface area contributed by atoms with Crippen molar-refractivity contribution in [2.45, 2.75) is 51.2 Å². The number of hydrogen-bond donors (Lipinski definition) is 1. The Morgan fingerprint density at radius 2 is 2.00 bits per heavy atom. The summed E-state index contributed by atoms with van der Waals surface area (Å²) in [5.74, 6) is 0. The zero-order valence-electron chi connectivity index (χ0n) is 10.1. The summed E-state index contributed by atoms with van der Waals surface area (Å²) in [5, 5.41) is 3.33. The number of nitrogens with one attached hydrogen (secondary N) is 1. The Hall–Kier alpha value is -0.120. The largest absolute Gasteiger partial charge is 0.383 e. The molecule has 0 saturated heterocycles. The molecule has 1 rings (SSSR count). The molecule has 3 nitrogen and oxygen atoms in total. The van der Waals surface area contributed by atoms with Gasteiger partial charge in [-0.2, -0.15) is 0 Å². The van der Waals surface area contributed by atoms with Crippen molar-refractivity contribution in [2.75, 3.05) is 26.8 Å². The number of hydrogen-bond acceptors (Lipinski definition) is 3.